The molecule has 0 saturated heterocycles. The van der Waals surface area contributed by atoms with E-state index in [2.05, 4.69) is 30.5 Å². The smallest absolute Gasteiger partial charge is 0.251 e. The summed E-state index contributed by atoms with van der Waals surface area (Å²) in [5.41, 5.74) is 2.50. The highest BCUT2D eigenvalue weighted by molar-refractivity contribution is 5.98. The van der Waals surface area contributed by atoms with Crippen molar-refractivity contribution in [2.45, 2.75) is 12.8 Å². The van der Waals surface area contributed by atoms with Gasteiger partial charge in [0, 0.05) is 35.7 Å². The number of methoxy groups -OCH3 is 1. The first-order valence-electron chi connectivity index (χ1n) is 11.4. The quantitative estimate of drug-likeness (QED) is 0.307. The van der Waals surface area contributed by atoms with Gasteiger partial charge in [-0.1, -0.05) is 0 Å². The fraction of sp³-hybridized carbons (Fsp3) is 0.154. The van der Waals surface area contributed by atoms with Gasteiger partial charge in [0.15, 0.2) is 5.82 Å². The van der Waals surface area contributed by atoms with E-state index in [1.807, 2.05) is 0 Å². The molecule has 1 amide bonds. The molecule has 186 valence electrons. The van der Waals surface area contributed by atoms with E-state index in [0.29, 0.717) is 47.2 Å². The van der Waals surface area contributed by atoms with Crippen molar-refractivity contribution in [2.75, 3.05) is 13.7 Å². The summed E-state index contributed by atoms with van der Waals surface area (Å²) in [6, 6.07) is 12.0. The number of hydrogen-bond acceptors (Lipinski definition) is 7. The average Bonchev–Trinajstić information content (AvgIpc) is 3.44. The third-order valence-corrected chi connectivity index (χ3v) is 5.68. The minimum absolute atomic E-state index is 0.114. The summed E-state index contributed by atoms with van der Waals surface area (Å²) < 4.78 is 33.7. The number of fused-ring (bicyclic) bond motifs is 1. The van der Waals surface area contributed by atoms with Gasteiger partial charge in [-0.3, -0.25) is 9.89 Å². The number of aryl methyl sites for hydroxylation is 1. The number of nitrogens with one attached hydrogen (secondary N) is 2. The lowest BCUT2D eigenvalue weighted by atomic mass is 10.0. The van der Waals surface area contributed by atoms with Crippen LogP contribution in [0.25, 0.3) is 33.5 Å². The number of carbonyl (C=O) groups excluding carboxylic acids is 1. The summed E-state index contributed by atoms with van der Waals surface area (Å²) in [7, 11) is 1.42. The van der Waals surface area contributed by atoms with Gasteiger partial charge in [0.25, 0.3) is 5.91 Å². The fourth-order valence-corrected chi connectivity index (χ4v) is 3.82. The molecule has 5 rings (SSSR count). The fourth-order valence-electron chi connectivity index (χ4n) is 3.82. The molecule has 0 aliphatic carbocycles. The van der Waals surface area contributed by atoms with Crippen molar-refractivity contribution in [1.29, 1.82) is 0 Å². The summed E-state index contributed by atoms with van der Waals surface area (Å²) in [5.74, 6) is -0.366. The highest BCUT2D eigenvalue weighted by Crippen LogP contribution is 2.34. The second-order valence-corrected chi connectivity index (χ2v) is 8.13. The molecule has 0 aliphatic heterocycles. The highest BCUT2D eigenvalue weighted by atomic mass is 19.1. The van der Waals surface area contributed by atoms with Crippen molar-refractivity contribution < 1.29 is 18.3 Å². The maximum atomic E-state index is 14.9. The zero-order valence-corrected chi connectivity index (χ0v) is 19.7. The molecule has 5 aromatic rings. The molecule has 0 saturated carbocycles. The third-order valence-electron chi connectivity index (χ3n) is 5.68. The van der Waals surface area contributed by atoms with Gasteiger partial charge in [0.1, 0.15) is 23.7 Å². The number of rotatable bonds is 8. The number of aromatic amines is 1. The Labute approximate surface area is 210 Å². The van der Waals surface area contributed by atoms with E-state index in [-0.39, 0.29) is 23.0 Å². The zero-order valence-electron chi connectivity index (χ0n) is 19.7. The van der Waals surface area contributed by atoms with E-state index >= 15 is 0 Å². The number of nitrogens with zero attached hydrogens (tertiary/aromatic N) is 5. The molecule has 2 N–H and O–H groups in total. The zero-order chi connectivity index (χ0) is 25.8. The molecular weight excluding hydrogens is 480 g/mol. The second-order valence-electron chi connectivity index (χ2n) is 8.13. The van der Waals surface area contributed by atoms with Crippen LogP contribution in [-0.2, 0) is 6.42 Å². The first-order valence-corrected chi connectivity index (χ1v) is 11.4. The van der Waals surface area contributed by atoms with Gasteiger partial charge in [-0.25, -0.2) is 28.7 Å². The van der Waals surface area contributed by atoms with Crippen LogP contribution in [0.4, 0.5) is 8.78 Å². The molecule has 0 aliphatic rings. The van der Waals surface area contributed by atoms with E-state index in [1.165, 1.54) is 31.6 Å². The molecular formula is C26H21F2N7O2. The minimum atomic E-state index is -0.626. The van der Waals surface area contributed by atoms with Crippen LogP contribution in [0.5, 0.6) is 5.88 Å². The summed E-state index contributed by atoms with van der Waals surface area (Å²) in [5, 5.41) is 9.45. The Bertz CT molecular complexity index is 1560. The van der Waals surface area contributed by atoms with Gasteiger partial charge >= 0.3 is 0 Å². The van der Waals surface area contributed by atoms with Gasteiger partial charge in [-0.2, -0.15) is 5.10 Å². The predicted octanol–water partition coefficient (Wildman–Crippen LogP) is 4.13. The largest absolute Gasteiger partial charge is 0.481 e. The van der Waals surface area contributed by atoms with Gasteiger partial charge in [0.05, 0.1) is 30.0 Å². The molecule has 11 heteroatoms. The number of amides is 1. The highest BCUT2D eigenvalue weighted by Gasteiger charge is 2.19. The molecule has 3 heterocycles. The van der Waals surface area contributed by atoms with Gasteiger partial charge in [-0.15, -0.1) is 0 Å². The molecule has 0 spiro atoms. The summed E-state index contributed by atoms with van der Waals surface area (Å²) in [6.07, 6.45) is 3.81. The Hall–Kier alpha value is -4.80. The lowest BCUT2D eigenvalue weighted by molar-refractivity contribution is 0.0953. The standard InChI is InChI=1S/C26H21F2N7O2/c1-37-23-12-18(19(28)13-30-23)25-24(15-4-7-17(27)8-5-15)33-20-9-6-16(11-21(20)34-25)26(36)29-10-2-3-22-31-14-32-35-22/h4-9,11-14H,2-3,10H2,1H3,(H,29,36)(H,31,32,35). The van der Waals surface area contributed by atoms with E-state index in [1.54, 1.807) is 30.3 Å². The first kappa shape index (κ1) is 23.9. The van der Waals surface area contributed by atoms with Crippen LogP contribution in [-0.4, -0.2) is 49.7 Å². The normalized spacial score (nSPS) is 11.0. The molecule has 3 aromatic heterocycles. The molecule has 0 bridgehead atoms. The lowest BCUT2D eigenvalue weighted by Crippen LogP contribution is -2.24. The Morgan fingerprint density at radius 3 is 2.57 bits per heavy atom. The number of H-pyrrole nitrogens is 1. The van der Waals surface area contributed by atoms with Crippen molar-refractivity contribution in [1.82, 2.24) is 35.5 Å². The second kappa shape index (κ2) is 10.4. The number of pyridine rings is 1. The Kier molecular flexibility index (Phi) is 6.75. The van der Waals surface area contributed by atoms with E-state index in [4.69, 9.17) is 9.72 Å². The third kappa shape index (κ3) is 5.25. The number of carbonyl (C=O) groups is 1. The van der Waals surface area contributed by atoms with Gasteiger partial charge < -0.3 is 10.1 Å². The topological polar surface area (TPSA) is 119 Å². The monoisotopic (exact) mass is 501 g/mol. The van der Waals surface area contributed by atoms with Crippen molar-refractivity contribution >= 4 is 16.9 Å². The van der Waals surface area contributed by atoms with Crippen molar-refractivity contribution in [3.8, 4) is 28.4 Å². The summed E-state index contributed by atoms with van der Waals surface area (Å²) in [6.45, 7) is 0.444. The number of benzene rings is 2. The molecule has 2 aromatic carbocycles. The maximum absolute atomic E-state index is 14.9. The van der Waals surface area contributed by atoms with Crippen LogP contribution in [0.3, 0.4) is 0 Å². The van der Waals surface area contributed by atoms with E-state index in [9.17, 15) is 13.6 Å². The van der Waals surface area contributed by atoms with Crippen LogP contribution in [0.2, 0.25) is 0 Å². The van der Waals surface area contributed by atoms with Crippen molar-refractivity contribution in [2.24, 2.45) is 0 Å². The first-order chi connectivity index (χ1) is 18.0. The lowest BCUT2D eigenvalue weighted by Gasteiger charge is -2.13. The van der Waals surface area contributed by atoms with Crippen LogP contribution in [0, 0.1) is 11.6 Å². The summed E-state index contributed by atoms with van der Waals surface area (Å²) >= 11 is 0. The van der Waals surface area contributed by atoms with Crippen LogP contribution >= 0.6 is 0 Å². The number of hydrogen-bond donors (Lipinski definition) is 2. The summed E-state index contributed by atoms with van der Waals surface area (Å²) in [4.78, 5) is 30.1. The van der Waals surface area contributed by atoms with E-state index in [0.717, 1.165) is 12.0 Å². The minimum Gasteiger partial charge on any atom is -0.481 e. The van der Waals surface area contributed by atoms with Crippen molar-refractivity contribution in [3.63, 3.8) is 0 Å². The van der Waals surface area contributed by atoms with Gasteiger partial charge in [0.2, 0.25) is 5.88 Å². The Balaban J connectivity index is 1.50. The number of ether oxygens (including phenoxy) is 1. The molecule has 37 heavy (non-hydrogen) atoms. The van der Waals surface area contributed by atoms with Crippen LogP contribution in [0.15, 0.2) is 61.1 Å². The van der Waals surface area contributed by atoms with Crippen LogP contribution in [0.1, 0.15) is 22.6 Å². The predicted molar refractivity (Wildman–Crippen MR) is 132 cm³/mol. The molecule has 0 fully saturated rings. The van der Waals surface area contributed by atoms with E-state index < -0.39 is 11.6 Å². The van der Waals surface area contributed by atoms with Crippen LogP contribution < -0.4 is 10.1 Å². The molecule has 0 radical (unpaired) electrons. The average molecular weight is 501 g/mol. The SMILES string of the molecule is COc1cc(-c2nc3cc(C(=O)NCCCc4ncn[nH]4)ccc3nc2-c2ccc(F)cc2)c(F)cn1. The number of halogens is 2. The number of aromatic nitrogens is 6. The maximum Gasteiger partial charge on any atom is 0.251 e. The molecule has 9 nitrogen and oxygen atoms in total. The van der Waals surface area contributed by atoms with Gasteiger partial charge in [-0.05, 0) is 48.9 Å². The Morgan fingerprint density at radius 1 is 1.00 bits per heavy atom. The Morgan fingerprint density at radius 2 is 1.81 bits per heavy atom. The molecule has 0 atom stereocenters. The molecule has 0 unspecified atom stereocenters. The van der Waals surface area contributed by atoms with Crippen molar-refractivity contribution in [3.05, 3.63) is 84.1 Å².